The summed E-state index contributed by atoms with van der Waals surface area (Å²) >= 11 is 18.5. The summed E-state index contributed by atoms with van der Waals surface area (Å²) in [5.74, 6) is -1.10. The summed E-state index contributed by atoms with van der Waals surface area (Å²) < 4.78 is 5.24. The van der Waals surface area contributed by atoms with Gasteiger partial charge in [-0.3, -0.25) is 9.69 Å². The van der Waals surface area contributed by atoms with Crippen molar-refractivity contribution >= 4 is 52.4 Å². The number of hydrogen-bond acceptors (Lipinski definition) is 3. The molecule has 2 aromatic carbocycles. The molecule has 4 rings (SSSR count). The van der Waals surface area contributed by atoms with Crippen molar-refractivity contribution in [3.05, 3.63) is 74.4 Å². The zero-order valence-corrected chi connectivity index (χ0v) is 15.6. The number of amides is 1. The number of hydrogen-bond donors (Lipinski definition) is 0. The SMILES string of the molecule is O=C1OCC2=C1C(c1cccc(Cl)c1Cl)CC(=O)N2c1cccc(Cl)c1. The van der Waals surface area contributed by atoms with E-state index in [1.165, 1.54) is 4.90 Å². The van der Waals surface area contributed by atoms with Crippen molar-refractivity contribution in [3.63, 3.8) is 0 Å². The molecule has 0 N–H and O–H groups in total. The maximum atomic E-state index is 12.9. The number of anilines is 1. The largest absolute Gasteiger partial charge is 0.456 e. The smallest absolute Gasteiger partial charge is 0.336 e. The van der Waals surface area contributed by atoms with Crippen molar-refractivity contribution in [1.82, 2.24) is 0 Å². The van der Waals surface area contributed by atoms with E-state index < -0.39 is 11.9 Å². The second kappa shape index (κ2) is 6.62. The van der Waals surface area contributed by atoms with Crippen LogP contribution in [-0.2, 0) is 14.3 Å². The molecule has 4 nitrogen and oxygen atoms in total. The molecule has 7 heteroatoms. The average molecular weight is 409 g/mol. The van der Waals surface area contributed by atoms with Crippen LogP contribution in [0.2, 0.25) is 15.1 Å². The van der Waals surface area contributed by atoms with E-state index in [4.69, 9.17) is 39.5 Å². The van der Waals surface area contributed by atoms with Crippen LogP contribution in [0, 0.1) is 0 Å². The van der Waals surface area contributed by atoms with Crippen LogP contribution in [0.3, 0.4) is 0 Å². The third-order valence-corrected chi connectivity index (χ3v) is 5.61. The second-order valence-corrected chi connectivity index (χ2v) is 7.27. The molecule has 2 aromatic rings. The van der Waals surface area contributed by atoms with E-state index in [1.807, 2.05) is 0 Å². The number of rotatable bonds is 2. The first-order valence-electron chi connectivity index (χ1n) is 7.90. The highest BCUT2D eigenvalue weighted by Gasteiger charge is 2.43. The third-order valence-electron chi connectivity index (χ3n) is 4.54. The molecule has 26 heavy (non-hydrogen) atoms. The molecule has 0 radical (unpaired) electrons. The molecule has 0 spiro atoms. The van der Waals surface area contributed by atoms with Gasteiger partial charge in [0, 0.05) is 17.4 Å². The van der Waals surface area contributed by atoms with Gasteiger partial charge in [0.1, 0.15) is 6.61 Å². The van der Waals surface area contributed by atoms with E-state index in [-0.39, 0.29) is 18.9 Å². The first-order valence-corrected chi connectivity index (χ1v) is 9.03. The molecule has 2 heterocycles. The van der Waals surface area contributed by atoms with Gasteiger partial charge in [-0.05, 0) is 29.8 Å². The molecular formula is C19H12Cl3NO3. The van der Waals surface area contributed by atoms with Gasteiger partial charge in [0.2, 0.25) is 5.91 Å². The Bertz CT molecular complexity index is 970. The topological polar surface area (TPSA) is 46.6 Å². The summed E-state index contributed by atoms with van der Waals surface area (Å²) in [6.45, 7) is 0.0289. The molecule has 0 saturated heterocycles. The molecule has 0 fully saturated rings. The van der Waals surface area contributed by atoms with Crippen LogP contribution in [0.4, 0.5) is 5.69 Å². The Hall–Kier alpha value is -2.01. The molecule has 0 aromatic heterocycles. The summed E-state index contributed by atoms with van der Waals surface area (Å²) in [5, 5.41) is 1.22. The lowest BCUT2D eigenvalue weighted by Gasteiger charge is -2.32. The molecule has 1 unspecified atom stereocenters. The predicted molar refractivity (Wildman–Crippen MR) is 101 cm³/mol. The van der Waals surface area contributed by atoms with Gasteiger partial charge in [-0.2, -0.15) is 0 Å². The number of nitrogens with zero attached hydrogens (tertiary/aromatic N) is 1. The summed E-state index contributed by atoms with van der Waals surface area (Å²) in [6, 6.07) is 12.1. The highest BCUT2D eigenvalue weighted by atomic mass is 35.5. The lowest BCUT2D eigenvalue weighted by Crippen LogP contribution is -2.37. The number of benzene rings is 2. The summed E-state index contributed by atoms with van der Waals surface area (Å²) in [7, 11) is 0. The number of halogens is 3. The van der Waals surface area contributed by atoms with Crippen molar-refractivity contribution in [2.75, 3.05) is 11.5 Å². The van der Waals surface area contributed by atoms with Gasteiger partial charge >= 0.3 is 5.97 Å². The van der Waals surface area contributed by atoms with Crippen LogP contribution in [-0.4, -0.2) is 18.5 Å². The molecule has 0 saturated carbocycles. The van der Waals surface area contributed by atoms with Crippen molar-refractivity contribution in [2.24, 2.45) is 0 Å². The zero-order valence-electron chi connectivity index (χ0n) is 13.3. The van der Waals surface area contributed by atoms with Crippen LogP contribution in [0.15, 0.2) is 53.7 Å². The Kier molecular flexibility index (Phi) is 4.43. The Balaban J connectivity index is 1.87. The summed E-state index contributed by atoms with van der Waals surface area (Å²) in [5.41, 5.74) is 2.21. The van der Waals surface area contributed by atoms with Crippen LogP contribution < -0.4 is 4.90 Å². The minimum absolute atomic E-state index is 0.0289. The van der Waals surface area contributed by atoms with Crippen LogP contribution in [0.1, 0.15) is 17.9 Å². The molecule has 0 aliphatic carbocycles. The maximum Gasteiger partial charge on any atom is 0.336 e. The number of cyclic esters (lactones) is 1. The first kappa shape index (κ1) is 17.4. The van der Waals surface area contributed by atoms with E-state index in [9.17, 15) is 9.59 Å². The minimum atomic E-state index is -0.492. The number of carbonyl (C=O) groups excluding carboxylic acids is 2. The summed E-state index contributed by atoms with van der Waals surface area (Å²) in [6.07, 6.45) is 0.0838. The Labute approximate surface area is 164 Å². The van der Waals surface area contributed by atoms with E-state index >= 15 is 0 Å². The van der Waals surface area contributed by atoms with Crippen molar-refractivity contribution in [3.8, 4) is 0 Å². The Morgan fingerprint density at radius 2 is 1.81 bits per heavy atom. The Morgan fingerprint density at radius 3 is 2.58 bits per heavy atom. The van der Waals surface area contributed by atoms with E-state index in [0.717, 1.165) is 0 Å². The fraction of sp³-hybridized carbons (Fsp3) is 0.158. The van der Waals surface area contributed by atoms with Gasteiger partial charge in [0.05, 0.1) is 27.0 Å². The lowest BCUT2D eigenvalue weighted by atomic mass is 9.84. The van der Waals surface area contributed by atoms with E-state index in [2.05, 4.69) is 0 Å². The van der Waals surface area contributed by atoms with Gasteiger partial charge < -0.3 is 4.74 Å². The fourth-order valence-electron chi connectivity index (χ4n) is 3.42. The van der Waals surface area contributed by atoms with Crippen LogP contribution in [0.5, 0.6) is 0 Å². The third kappa shape index (κ3) is 2.78. The molecule has 0 bridgehead atoms. The van der Waals surface area contributed by atoms with Crippen molar-refractivity contribution < 1.29 is 14.3 Å². The van der Waals surface area contributed by atoms with Crippen molar-refractivity contribution in [1.29, 1.82) is 0 Å². The van der Waals surface area contributed by atoms with Crippen molar-refractivity contribution in [2.45, 2.75) is 12.3 Å². The normalized spacial score (nSPS) is 19.7. The second-order valence-electron chi connectivity index (χ2n) is 6.05. The summed E-state index contributed by atoms with van der Waals surface area (Å²) in [4.78, 5) is 26.9. The molecule has 132 valence electrons. The van der Waals surface area contributed by atoms with Gasteiger partial charge in [-0.15, -0.1) is 0 Å². The number of esters is 1. The quantitative estimate of drug-likeness (QED) is 0.659. The van der Waals surface area contributed by atoms with Gasteiger partial charge in [0.25, 0.3) is 0 Å². The standard InChI is InChI=1S/C19H12Cl3NO3/c20-10-3-1-4-11(7-10)23-15-9-26-19(25)17(15)13(8-16(23)24)12-5-2-6-14(21)18(12)22/h1-7,13H,8-9H2. The number of carbonyl (C=O) groups is 2. The van der Waals surface area contributed by atoms with Gasteiger partial charge in [-0.1, -0.05) is 53.0 Å². The average Bonchev–Trinajstić information content (AvgIpc) is 2.98. The van der Waals surface area contributed by atoms with Gasteiger partial charge in [0.15, 0.2) is 0 Å². The van der Waals surface area contributed by atoms with Crippen LogP contribution in [0.25, 0.3) is 0 Å². The van der Waals surface area contributed by atoms with E-state index in [0.29, 0.717) is 37.6 Å². The molecule has 2 aliphatic heterocycles. The minimum Gasteiger partial charge on any atom is -0.456 e. The zero-order chi connectivity index (χ0) is 18.4. The highest BCUT2D eigenvalue weighted by Crippen LogP contribution is 2.45. The van der Waals surface area contributed by atoms with Gasteiger partial charge in [-0.25, -0.2) is 4.79 Å². The molecular weight excluding hydrogens is 397 g/mol. The molecule has 1 atom stereocenters. The maximum absolute atomic E-state index is 12.9. The fourth-order valence-corrected chi connectivity index (χ4v) is 4.05. The van der Waals surface area contributed by atoms with Crippen LogP contribution >= 0.6 is 34.8 Å². The number of ether oxygens (including phenoxy) is 1. The lowest BCUT2D eigenvalue weighted by molar-refractivity contribution is -0.136. The molecule has 2 aliphatic rings. The first-order chi connectivity index (χ1) is 12.5. The monoisotopic (exact) mass is 407 g/mol. The molecule has 1 amide bonds. The highest BCUT2D eigenvalue weighted by molar-refractivity contribution is 6.42. The van der Waals surface area contributed by atoms with E-state index in [1.54, 1.807) is 42.5 Å². The Morgan fingerprint density at radius 1 is 1.04 bits per heavy atom. The predicted octanol–water partition coefficient (Wildman–Crippen LogP) is 4.98.